The second-order valence-electron chi connectivity index (χ2n) is 4.84. The van der Waals surface area contributed by atoms with E-state index in [1.54, 1.807) is 19.1 Å². The minimum absolute atomic E-state index is 0.0446. The first kappa shape index (κ1) is 15.4. The van der Waals surface area contributed by atoms with E-state index in [9.17, 15) is 13.6 Å². The van der Waals surface area contributed by atoms with Gasteiger partial charge in [0.05, 0.1) is 12.8 Å². The molecule has 3 aromatic rings. The lowest BCUT2D eigenvalue weighted by Gasteiger charge is -2.10. The summed E-state index contributed by atoms with van der Waals surface area (Å²) in [6.07, 6.45) is 1.48. The van der Waals surface area contributed by atoms with E-state index in [1.807, 2.05) is 0 Å². The van der Waals surface area contributed by atoms with Crippen molar-refractivity contribution in [3.8, 4) is 0 Å². The summed E-state index contributed by atoms with van der Waals surface area (Å²) >= 11 is 5.09. The van der Waals surface area contributed by atoms with Gasteiger partial charge >= 0.3 is 5.38 Å². The highest BCUT2D eigenvalue weighted by atomic mass is 35.5. The molecule has 1 amide bonds. The molecular weight excluding hydrogens is 330 g/mol. The van der Waals surface area contributed by atoms with E-state index in [2.05, 4.69) is 15.4 Å². The van der Waals surface area contributed by atoms with Gasteiger partial charge in [-0.1, -0.05) is 0 Å². The Bertz CT molecular complexity index is 856. The number of hydrogen-bond donors (Lipinski definition) is 1. The van der Waals surface area contributed by atoms with E-state index in [4.69, 9.17) is 16.0 Å². The van der Waals surface area contributed by atoms with Crippen LogP contribution in [-0.2, 0) is 11.9 Å². The van der Waals surface area contributed by atoms with Crippen LogP contribution in [0, 0.1) is 6.92 Å². The number of alkyl halides is 3. The molecule has 6 nitrogen and oxygen atoms in total. The van der Waals surface area contributed by atoms with Crippen LogP contribution in [-0.4, -0.2) is 20.5 Å². The number of fused-ring (bicyclic) bond motifs is 1. The quantitative estimate of drug-likeness (QED) is 0.741. The molecule has 3 rings (SSSR count). The van der Waals surface area contributed by atoms with Crippen molar-refractivity contribution in [2.75, 3.05) is 0 Å². The first-order valence-corrected chi connectivity index (χ1v) is 6.97. The minimum atomic E-state index is -3.63. The number of carbonyl (C=O) groups excluding carboxylic acids is 1. The first-order valence-electron chi connectivity index (χ1n) is 6.60. The van der Waals surface area contributed by atoms with Crippen LogP contribution in [0.15, 0.2) is 34.9 Å². The Morgan fingerprint density at radius 3 is 2.91 bits per heavy atom. The highest BCUT2D eigenvalue weighted by Crippen LogP contribution is 2.32. The van der Waals surface area contributed by atoms with Gasteiger partial charge in [0.15, 0.2) is 11.3 Å². The molecule has 0 aliphatic heterocycles. The van der Waals surface area contributed by atoms with Crippen LogP contribution in [0.4, 0.5) is 8.78 Å². The van der Waals surface area contributed by atoms with Gasteiger partial charge in [-0.3, -0.25) is 4.79 Å². The van der Waals surface area contributed by atoms with Crippen molar-refractivity contribution < 1.29 is 18.0 Å². The van der Waals surface area contributed by atoms with Crippen molar-refractivity contribution in [1.29, 1.82) is 0 Å². The van der Waals surface area contributed by atoms with E-state index in [0.29, 0.717) is 11.5 Å². The van der Waals surface area contributed by atoms with Gasteiger partial charge in [0.1, 0.15) is 11.5 Å². The Balaban J connectivity index is 1.92. The third kappa shape index (κ3) is 3.16. The molecule has 1 N–H and O–H groups in total. The summed E-state index contributed by atoms with van der Waals surface area (Å²) in [5.41, 5.74) is -0.137. The van der Waals surface area contributed by atoms with Crippen LogP contribution in [0.2, 0.25) is 0 Å². The molecule has 0 aliphatic carbocycles. The summed E-state index contributed by atoms with van der Waals surface area (Å²) in [5, 5.41) is 2.82. The number of amides is 1. The highest BCUT2D eigenvalue weighted by Gasteiger charge is 2.32. The first-order chi connectivity index (χ1) is 10.8. The molecule has 0 aromatic carbocycles. The molecule has 120 valence electrons. The number of aromatic nitrogens is 3. The normalized spacial score (nSPS) is 11.8. The monoisotopic (exact) mass is 340 g/mol. The lowest BCUT2D eigenvalue weighted by molar-refractivity contribution is 0.0864. The lowest BCUT2D eigenvalue weighted by atomic mass is 10.3. The summed E-state index contributed by atoms with van der Waals surface area (Å²) in [6, 6.07) is 5.82. The fraction of sp³-hybridized carbons (Fsp3) is 0.214. The average molecular weight is 341 g/mol. The molecule has 3 aromatic heterocycles. The zero-order valence-electron chi connectivity index (χ0n) is 11.9. The van der Waals surface area contributed by atoms with Gasteiger partial charge in [0.25, 0.3) is 5.91 Å². The van der Waals surface area contributed by atoms with E-state index in [-0.39, 0.29) is 17.9 Å². The van der Waals surface area contributed by atoms with Crippen molar-refractivity contribution >= 4 is 23.2 Å². The fourth-order valence-electron chi connectivity index (χ4n) is 2.08. The molecule has 0 aliphatic rings. The van der Waals surface area contributed by atoms with Gasteiger partial charge < -0.3 is 9.73 Å². The number of furan rings is 1. The Morgan fingerprint density at radius 2 is 2.26 bits per heavy atom. The summed E-state index contributed by atoms with van der Waals surface area (Å²) < 4.78 is 32.9. The Morgan fingerprint density at radius 1 is 1.48 bits per heavy atom. The zero-order chi connectivity index (χ0) is 16.6. The molecule has 0 fully saturated rings. The maximum atomic E-state index is 13.5. The Hall–Kier alpha value is -2.48. The second-order valence-corrected chi connectivity index (χ2v) is 5.32. The number of carbonyl (C=O) groups is 1. The van der Waals surface area contributed by atoms with Gasteiger partial charge in [0.2, 0.25) is 0 Å². The number of nitrogens with one attached hydrogen (secondary N) is 1. The molecule has 0 saturated heterocycles. The van der Waals surface area contributed by atoms with Crippen molar-refractivity contribution in [2.24, 2.45) is 0 Å². The SMILES string of the molecule is Cc1cc(C(F)(F)Cl)n2nc(C(=O)NCc3ccco3)cc2n1. The van der Waals surface area contributed by atoms with Crippen LogP contribution in [0.5, 0.6) is 0 Å². The van der Waals surface area contributed by atoms with Crippen LogP contribution in [0.25, 0.3) is 5.65 Å². The van der Waals surface area contributed by atoms with E-state index in [1.165, 1.54) is 12.3 Å². The van der Waals surface area contributed by atoms with Crippen LogP contribution in [0.1, 0.15) is 27.6 Å². The molecule has 0 spiro atoms. The number of rotatable bonds is 4. The number of halogens is 3. The smallest absolute Gasteiger partial charge is 0.364 e. The lowest BCUT2D eigenvalue weighted by Crippen LogP contribution is -2.23. The van der Waals surface area contributed by atoms with Crippen molar-refractivity contribution in [2.45, 2.75) is 18.9 Å². The highest BCUT2D eigenvalue weighted by molar-refractivity contribution is 6.21. The van der Waals surface area contributed by atoms with Gasteiger partial charge in [-0.05, 0) is 36.7 Å². The summed E-state index contributed by atoms with van der Waals surface area (Å²) in [4.78, 5) is 16.2. The predicted octanol–water partition coefficient (Wildman–Crippen LogP) is 2.85. The van der Waals surface area contributed by atoms with Gasteiger partial charge in [-0.15, -0.1) is 0 Å². The number of nitrogens with zero attached hydrogens (tertiary/aromatic N) is 3. The fourth-order valence-corrected chi connectivity index (χ4v) is 2.22. The standard InChI is InChI=1S/C14H11ClF2N4O2/c1-8-5-11(14(15,16)17)21-12(19-8)6-10(20-21)13(22)18-7-9-3-2-4-23-9/h2-6H,7H2,1H3,(H,18,22). The second kappa shape index (κ2) is 5.62. The van der Waals surface area contributed by atoms with Gasteiger partial charge in [-0.2, -0.15) is 13.9 Å². The van der Waals surface area contributed by atoms with Crippen molar-refractivity contribution in [3.63, 3.8) is 0 Å². The Kier molecular flexibility index (Phi) is 3.77. The molecule has 0 saturated carbocycles. The third-order valence-electron chi connectivity index (χ3n) is 3.08. The predicted molar refractivity (Wildman–Crippen MR) is 77.3 cm³/mol. The van der Waals surface area contributed by atoms with Gasteiger partial charge in [-0.25, -0.2) is 9.50 Å². The maximum absolute atomic E-state index is 13.5. The molecule has 3 heterocycles. The van der Waals surface area contributed by atoms with Crippen LogP contribution >= 0.6 is 11.6 Å². The van der Waals surface area contributed by atoms with E-state index < -0.39 is 17.0 Å². The van der Waals surface area contributed by atoms with Crippen molar-refractivity contribution in [1.82, 2.24) is 19.9 Å². The van der Waals surface area contributed by atoms with E-state index >= 15 is 0 Å². The summed E-state index contributed by atoms with van der Waals surface area (Å²) in [7, 11) is 0. The van der Waals surface area contributed by atoms with Crippen LogP contribution < -0.4 is 5.32 Å². The topological polar surface area (TPSA) is 72.4 Å². The van der Waals surface area contributed by atoms with E-state index in [0.717, 1.165) is 10.6 Å². The summed E-state index contributed by atoms with van der Waals surface area (Å²) in [6.45, 7) is 1.71. The molecule has 0 radical (unpaired) electrons. The number of aryl methyl sites for hydroxylation is 1. The molecule has 0 bridgehead atoms. The van der Waals surface area contributed by atoms with Crippen LogP contribution in [0.3, 0.4) is 0 Å². The third-order valence-corrected chi connectivity index (χ3v) is 3.28. The molecule has 9 heteroatoms. The summed E-state index contributed by atoms with van der Waals surface area (Å²) in [5.74, 6) is 0.0254. The molecule has 0 unspecified atom stereocenters. The minimum Gasteiger partial charge on any atom is -0.467 e. The zero-order valence-corrected chi connectivity index (χ0v) is 12.6. The average Bonchev–Trinajstić information content (AvgIpc) is 3.11. The van der Waals surface area contributed by atoms with Gasteiger partial charge in [0, 0.05) is 11.8 Å². The maximum Gasteiger partial charge on any atom is 0.364 e. The Labute approximate surface area is 134 Å². The number of hydrogen-bond acceptors (Lipinski definition) is 4. The molecule has 23 heavy (non-hydrogen) atoms. The largest absolute Gasteiger partial charge is 0.467 e. The van der Waals surface area contributed by atoms with Crippen molar-refractivity contribution in [3.05, 3.63) is 53.4 Å². The molecule has 0 atom stereocenters. The molecular formula is C14H11ClF2N4O2.